The van der Waals surface area contributed by atoms with E-state index in [1.807, 2.05) is 37.3 Å². The molecule has 9 nitrogen and oxygen atoms in total. The molecule has 0 spiro atoms. The summed E-state index contributed by atoms with van der Waals surface area (Å²) >= 11 is 13.1. The zero-order valence-corrected chi connectivity index (χ0v) is 23.1. The fourth-order valence-electron chi connectivity index (χ4n) is 3.81. The van der Waals surface area contributed by atoms with Gasteiger partial charge in [-0.25, -0.2) is 4.98 Å². The summed E-state index contributed by atoms with van der Waals surface area (Å²) < 4.78 is 6.04. The van der Waals surface area contributed by atoms with Crippen molar-refractivity contribution in [3.63, 3.8) is 0 Å². The molecule has 11 heteroatoms. The molecule has 1 heterocycles. The Hall–Kier alpha value is -4.47. The number of nitrogens with one attached hydrogen (secondary N) is 1. The Morgan fingerprint density at radius 1 is 1.07 bits per heavy atom. The molecular formula is C29H24Cl2N4O5. The second-order valence-corrected chi connectivity index (χ2v) is 9.57. The van der Waals surface area contributed by atoms with Gasteiger partial charge in [-0.2, -0.15) is 0 Å². The second kappa shape index (κ2) is 12.6. The van der Waals surface area contributed by atoms with Gasteiger partial charge in [-0.15, -0.1) is 0 Å². The molecular weight excluding hydrogens is 555 g/mol. The largest absolute Gasteiger partial charge is 0.487 e. The van der Waals surface area contributed by atoms with Crippen LogP contribution in [0.15, 0.2) is 72.8 Å². The number of carbonyl (C=O) groups excluding carboxylic acids is 2. The van der Waals surface area contributed by atoms with Crippen LogP contribution in [0.5, 0.6) is 5.75 Å². The van der Waals surface area contributed by atoms with Crippen molar-refractivity contribution in [1.82, 2.24) is 10.3 Å². The zero-order valence-electron chi connectivity index (χ0n) is 21.6. The summed E-state index contributed by atoms with van der Waals surface area (Å²) in [4.78, 5) is 41.2. The third kappa shape index (κ3) is 6.74. The lowest BCUT2D eigenvalue weighted by Crippen LogP contribution is -2.37. The lowest BCUT2D eigenvalue weighted by atomic mass is 10.1. The highest BCUT2D eigenvalue weighted by Crippen LogP contribution is 2.35. The molecule has 0 radical (unpaired) electrons. The average molecular weight is 579 g/mol. The Morgan fingerprint density at radius 2 is 1.82 bits per heavy atom. The molecule has 0 atom stereocenters. The fraction of sp³-hybridized carbons (Fsp3) is 0.138. The van der Waals surface area contributed by atoms with Crippen molar-refractivity contribution < 1.29 is 19.2 Å². The van der Waals surface area contributed by atoms with E-state index in [2.05, 4.69) is 10.3 Å². The standard InChI is InChI=1S/C29H24Cl2N4O5/c1-18-6-10-20-4-3-5-25(29(20)33-18)40-17-22-23(30)13-14-24(28(22)31)34(2)27(37)16-32-26(36)15-9-19-7-11-21(12-8-19)35(38)39/h3-15H,16-17H2,1-2H3,(H,32,36)/b15-9+. The Balaban J connectivity index is 1.40. The van der Waals surface area contributed by atoms with Gasteiger partial charge >= 0.3 is 0 Å². The monoisotopic (exact) mass is 578 g/mol. The third-order valence-electron chi connectivity index (χ3n) is 6.04. The molecule has 204 valence electrons. The highest BCUT2D eigenvalue weighted by molar-refractivity contribution is 6.38. The number of hydrogen-bond donors (Lipinski definition) is 1. The van der Waals surface area contributed by atoms with Gasteiger partial charge < -0.3 is 15.0 Å². The van der Waals surface area contributed by atoms with Crippen LogP contribution in [0.2, 0.25) is 10.0 Å². The number of carbonyl (C=O) groups is 2. The quantitative estimate of drug-likeness (QED) is 0.145. The first-order valence-corrected chi connectivity index (χ1v) is 12.8. The molecule has 3 aromatic carbocycles. The lowest BCUT2D eigenvalue weighted by Gasteiger charge is -2.21. The number of halogens is 2. The van der Waals surface area contributed by atoms with Crippen LogP contribution >= 0.6 is 23.2 Å². The number of rotatable bonds is 9. The predicted molar refractivity (Wildman–Crippen MR) is 156 cm³/mol. The molecule has 0 saturated heterocycles. The molecule has 0 saturated carbocycles. The van der Waals surface area contributed by atoms with E-state index in [1.54, 1.807) is 19.2 Å². The van der Waals surface area contributed by atoms with Crippen molar-refractivity contribution in [2.75, 3.05) is 18.5 Å². The first-order valence-electron chi connectivity index (χ1n) is 12.1. The summed E-state index contributed by atoms with van der Waals surface area (Å²) in [6, 6.07) is 18.5. The third-order valence-corrected chi connectivity index (χ3v) is 6.82. The van der Waals surface area contributed by atoms with Crippen LogP contribution in [-0.4, -0.2) is 35.3 Å². The van der Waals surface area contributed by atoms with Gasteiger partial charge in [-0.1, -0.05) is 41.4 Å². The Labute approximate surface area is 240 Å². The van der Waals surface area contributed by atoms with E-state index in [0.717, 1.165) is 16.6 Å². The molecule has 1 N–H and O–H groups in total. The van der Waals surface area contributed by atoms with E-state index < -0.39 is 16.7 Å². The van der Waals surface area contributed by atoms with Crippen molar-refractivity contribution in [2.45, 2.75) is 13.5 Å². The van der Waals surface area contributed by atoms with Crippen LogP contribution in [0.25, 0.3) is 17.0 Å². The van der Waals surface area contributed by atoms with Gasteiger partial charge in [-0.3, -0.25) is 19.7 Å². The van der Waals surface area contributed by atoms with Crippen molar-refractivity contribution in [2.24, 2.45) is 0 Å². The second-order valence-electron chi connectivity index (χ2n) is 8.78. The van der Waals surface area contributed by atoms with E-state index >= 15 is 0 Å². The highest BCUT2D eigenvalue weighted by atomic mass is 35.5. The van der Waals surface area contributed by atoms with Gasteiger partial charge in [0.1, 0.15) is 17.9 Å². The summed E-state index contributed by atoms with van der Waals surface area (Å²) in [7, 11) is 1.54. The molecule has 0 fully saturated rings. The number of para-hydroxylation sites is 1. The van der Waals surface area contributed by atoms with Crippen molar-refractivity contribution >= 4 is 63.4 Å². The number of pyridine rings is 1. The fourth-order valence-corrected chi connectivity index (χ4v) is 4.42. The number of nitrogens with zero attached hydrogens (tertiary/aromatic N) is 3. The maximum absolute atomic E-state index is 12.8. The lowest BCUT2D eigenvalue weighted by molar-refractivity contribution is -0.384. The van der Waals surface area contributed by atoms with E-state index in [1.165, 1.54) is 41.3 Å². The van der Waals surface area contributed by atoms with Crippen LogP contribution in [0.1, 0.15) is 16.8 Å². The molecule has 0 aliphatic heterocycles. The molecule has 0 unspecified atom stereocenters. The van der Waals surface area contributed by atoms with Gasteiger partial charge in [0, 0.05) is 46.9 Å². The normalized spacial score (nSPS) is 11.0. The first kappa shape index (κ1) is 28.5. The maximum Gasteiger partial charge on any atom is 0.269 e. The summed E-state index contributed by atoms with van der Waals surface area (Å²) in [5.74, 6) is -0.343. The Morgan fingerprint density at radius 3 is 2.55 bits per heavy atom. The van der Waals surface area contributed by atoms with Crippen LogP contribution in [0.3, 0.4) is 0 Å². The number of aromatic nitrogens is 1. The van der Waals surface area contributed by atoms with Crippen molar-refractivity contribution in [3.8, 4) is 5.75 Å². The maximum atomic E-state index is 12.8. The molecule has 40 heavy (non-hydrogen) atoms. The number of fused-ring (bicyclic) bond motifs is 1. The number of benzene rings is 3. The number of nitro groups is 1. The minimum atomic E-state index is -0.505. The first-order chi connectivity index (χ1) is 19.1. The van der Waals surface area contributed by atoms with Gasteiger partial charge in [0.25, 0.3) is 5.69 Å². The summed E-state index contributed by atoms with van der Waals surface area (Å²) in [6.07, 6.45) is 2.73. The topological polar surface area (TPSA) is 115 Å². The van der Waals surface area contributed by atoms with E-state index in [0.29, 0.717) is 27.6 Å². The van der Waals surface area contributed by atoms with Gasteiger partial charge in [-0.05, 0) is 55.0 Å². The molecule has 4 aromatic rings. The molecule has 1 aromatic heterocycles. The van der Waals surface area contributed by atoms with Crippen LogP contribution in [-0.2, 0) is 16.2 Å². The van der Waals surface area contributed by atoms with Crippen LogP contribution in [0.4, 0.5) is 11.4 Å². The summed E-state index contributed by atoms with van der Waals surface area (Å²) in [6.45, 7) is 1.66. The number of ether oxygens (including phenoxy) is 1. The van der Waals surface area contributed by atoms with Crippen LogP contribution in [0, 0.1) is 17.0 Å². The number of likely N-dealkylation sites (N-methyl/N-ethyl adjacent to an activating group) is 1. The van der Waals surface area contributed by atoms with Gasteiger partial charge in [0.15, 0.2) is 0 Å². The van der Waals surface area contributed by atoms with Gasteiger partial charge in [0.05, 0.1) is 22.2 Å². The average Bonchev–Trinajstić information content (AvgIpc) is 2.94. The minimum Gasteiger partial charge on any atom is -0.487 e. The smallest absolute Gasteiger partial charge is 0.269 e. The van der Waals surface area contributed by atoms with Crippen molar-refractivity contribution in [3.05, 3.63) is 110 Å². The zero-order chi connectivity index (χ0) is 28.8. The molecule has 2 amide bonds. The van der Waals surface area contributed by atoms with Crippen LogP contribution < -0.4 is 15.0 Å². The van der Waals surface area contributed by atoms with Gasteiger partial charge in [0.2, 0.25) is 11.8 Å². The Bertz CT molecular complexity index is 1620. The predicted octanol–water partition coefficient (Wildman–Crippen LogP) is 6.13. The number of hydrogen-bond acceptors (Lipinski definition) is 6. The SMILES string of the molecule is Cc1ccc2cccc(OCc3c(Cl)ccc(N(C)C(=O)CNC(=O)/C=C/c4ccc([N+](=O)[O-])cc4)c3Cl)c2n1. The minimum absolute atomic E-state index is 0.0481. The molecule has 0 bridgehead atoms. The summed E-state index contributed by atoms with van der Waals surface area (Å²) in [5.41, 5.74) is 3.03. The van der Waals surface area contributed by atoms with E-state index in [-0.39, 0.29) is 23.9 Å². The number of anilines is 1. The molecule has 4 rings (SSSR count). The molecule has 0 aliphatic rings. The highest BCUT2D eigenvalue weighted by Gasteiger charge is 2.19. The number of non-ortho nitro benzene ring substituents is 1. The summed E-state index contributed by atoms with van der Waals surface area (Å²) in [5, 5.41) is 14.8. The van der Waals surface area contributed by atoms with Crippen molar-refractivity contribution in [1.29, 1.82) is 0 Å². The number of nitro benzene ring substituents is 1. The molecule has 0 aliphatic carbocycles. The number of aryl methyl sites for hydroxylation is 1. The van der Waals surface area contributed by atoms with E-state index in [4.69, 9.17) is 27.9 Å². The Kier molecular flexibility index (Phi) is 8.98. The van der Waals surface area contributed by atoms with E-state index in [9.17, 15) is 19.7 Å². The number of amides is 2.